The summed E-state index contributed by atoms with van der Waals surface area (Å²) in [5.74, 6) is 0. The zero-order valence-electron chi connectivity index (χ0n) is 17.0. The Balaban J connectivity index is 1.76. The second kappa shape index (κ2) is 6.89. The first kappa shape index (κ1) is 21.6. The summed E-state index contributed by atoms with van der Waals surface area (Å²) >= 11 is 11.7. The molecule has 3 aliphatic heterocycles. The van der Waals surface area contributed by atoms with Crippen LogP contribution in [-0.4, -0.2) is 57.6 Å². The number of alkyl halides is 2. The Labute approximate surface area is 203 Å². The Bertz CT molecular complexity index is 813. The van der Waals surface area contributed by atoms with Crippen molar-refractivity contribution in [3.8, 4) is 0 Å². The van der Waals surface area contributed by atoms with Crippen LogP contribution in [0.5, 0.6) is 0 Å². The fraction of sp³-hybridized carbons (Fsp3) is 0.600. The molecule has 3 fully saturated rings. The van der Waals surface area contributed by atoms with Crippen LogP contribution in [0.4, 0.5) is 0 Å². The van der Waals surface area contributed by atoms with Crippen molar-refractivity contribution < 1.29 is 20.8 Å². The summed E-state index contributed by atoms with van der Waals surface area (Å²) in [5.41, 5.74) is 6.25. The molecule has 5 aliphatic rings. The molecular weight excluding hydrogens is 615 g/mol. The summed E-state index contributed by atoms with van der Waals surface area (Å²) < 4.78 is 6.81. The van der Waals surface area contributed by atoms with E-state index in [1.807, 2.05) is 0 Å². The van der Waals surface area contributed by atoms with Gasteiger partial charge in [-0.15, -0.1) is 0 Å². The van der Waals surface area contributed by atoms with Gasteiger partial charge in [0.25, 0.3) is 0 Å². The van der Waals surface area contributed by atoms with Gasteiger partial charge < -0.3 is 0 Å². The van der Waals surface area contributed by atoms with Crippen LogP contribution in [0.2, 0.25) is 0 Å². The van der Waals surface area contributed by atoms with Crippen LogP contribution >= 0.6 is 67.1 Å². The quantitative estimate of drug-likeness (QED) is 0.358. The van der Waals surface area contributed by atoms with Gasteiger partial charge in [-0.25, -0.2) is 0 Å². The number of fused-ring (bicyclic) bond motifs is 4. The SMILES string of the molecule is CC1=CC2SC(Br)[C]3(S[C]4(C5=CC(C)=CC5SC4Br)[Zr]3([N](C)C)[N](C)C)C2=C1. The van der Waals surface area contributed by atoms with Crippen LogP contribution in [0, 0.1) is 0 Å². The van der Waals surface area contributed by atoms with Crippen LogP contribution < -0.4 is 0 Å². The van der Waals surface area contributed by atoms with E-state index >= 15 is 0 Å². The molecule has 0 bridgehead atoms. The van der Waals surface area contributed by atoms with E-state index < -0.39 is 20.8 Å². The molecule has 3 saturated heterocycles. The molecule has 6 atom stereocenters. The summed E-state index contributed by atoms with van der Waals surface area (Å²) in [5, 5.41) is 1.09. The number of thioether (sulfide) groups is 3. The molecule has 0 aromatic rings. The topological polar surface area (TPSA) is 6.48 Å². The third kappa shape index (κ3) is 2.26. The maximum atomic E-state index is 4.21. The fourth-order valence-corrected chi connectivity index (χ4v) is 44.6. The Morgan fingerprint density at radius 2 is 1.21 bits per heavy atom. The minimum absolute atomic E-state index is 0.212. The Morgan fingerprint density at radius 3 is 1.57 bits per heavy atom. The summed E-state index contributed by atoms with van der Waals surface area (Å²) in [7, 11) is 9.50. The van der Waals surface area contributed by atoms with Crippen molar-refractivity contribution in [2.24, 2.45) is 0 Å². The first-order valence-electron chi connectivity index (χ1n) is 9.58. The monoisotopic (exact) mass is 638 g/mol. The van der Waals surface area contributed by atoms with Gasteiger partial charge in [0.15, 0.2) is 0 Å². The van der Waals surface area contributed by atoms with Gasteiger partial charge in [0.2, 0.25) is 0 Å². The number of rotatable bonds is 2. The standard InChI is InChI=1S/C16H14Br2S3.2C2H6N.Zr/c1-7-3-9-11(5-7)19-15(17)13(9)21-14-10-4-8(2)6-12(10)20-16(14)18;2*1-3-2;/h3-6,11-12,15-16H,1-2H3;2*1-2H3;/q;2*-1;+2. The van der Waals surface area contributed by atoms with E-state index in [0.717, 1.165) is 0 Å². The van der Waals surface area contributed by atoms with E-state index in [1.165, 1.54) is 11.1 Å². The molecule has 0 saturated carbocycles. The van der Waals surface area contributed by atoms with E-state index in [1.54, 1.807) is 11.1 Å². The Kier molecular flexibility index (Phi) is 5.31. The average Bonchev–Trinajstić information content (AvgIpc) is 3.22. The zero-order valence-corrected chi connectivity index (χ0v) is 25.1. The summed E-state index contributed by atoms with van der Waals surface area (Å²) in [6, 6.07) is 0. The summed E-state index contributed by atoms with van der Waals surface area (Å²) in [6.45, 7) is 4.54. The first-order chi connectivity index (χ1) is 13.1. The van der Waals surface area contributed by atoms with E-state index in [0.29, 0.717) is 18.8 Å². The molecule has 0 N–H and O–H groups in total. The molecule has 6 unspecified atom stereocenters. The van der Waals surface area contributed by atoms with Crippen LogP contribution in [0.3, 0.4) is 0 Å². The summed E-state index contributed by atoms with van der Waals surface area (Å²) in [6.07, 6.45) is 10.0. The number of allylic oxidation sites excluding steroid dienone is 4. The van der Waals surface area contributed by atoms with Gasteiger partial charge in [0.1, 0.15) is 0 Å². The Morgan fingerprint density at radius 1 is 0.821 bits per heavy atom. The first-order valence-corrected chi connectivity index (χ1v) is 18.8. The second-order valence-corrected chi connectivity index (χ2v) is 29.2. The molecule has 0 aromatic heterocycles. The van der Waals surface area contributed by atoms with Gasteiger partial charge >= 0.3 is 206 Å². The molecule has 2 aliphatic carbocycles. The van der Waals surface area contributed by atoms with Crippen molar-refractivity contribution in [1.82, 2.24) is 5.69 Å². The van der Waals surface area contributed by atoms with Crippen LogP contribution in [-0.2, 0) is 20.8 Å². The normalized spacial score (nSPS) is 45.4. The number of hydrogen-bond acceptors (Lipinski definition) is 5. The van der Waals surface area contributed by atoms with Crippen LogP contribution in [0.1, 0.15) is 13.8 Å². The molecule has 5 rings (SSSR count). The number of hydrogen-bond donors (Lipinski definition) is 0. The molecule has 2 nitrogen and oxygen atoms in total. The molecule has 2 spiro atoms. The van der Waals surface area contributed by atoms with Gasteiger partial charge in [-0.1, -0.05) is 0 Å². The maximum absolute atomic E-state index is 4.21. The zero-order chi connectivity index (χ0) is 20.2. The molecule has 152 valence electrons. The molecular formula is C20H26Br2N2S3Zr. The van der Waals surface area contributed by atoms with Gasteiger partial charge in [0, 0.05) is 0 Å². The predicted molar refractivity (Wildman–Crippen MR) is 132 cm³/mol. The van der Waals surface area contributed by atoms with E-state index in [-0.39, 0.29) is 4.91 Å². The number of halogens is 2. The van der Waals surface area contributed by atoms with Gasteiger partial charge in [0.05, 0.1) is 0 Å². The van der Waals surface area contributed by atoms with Crippen molar-refractivity contribution in [1.29, 1.82) is 0 Å². The number of nitrogens with zero attached hydrogens (tertiary/aromatic N) is 2. The minimum atomic E-state index is -3.25. The fourth-order valence-electron chi connectivity index (χ4n) is 6.27. The van der Waals surface area contributed by atoms with Crippen molar-refractivity contribution in [3.63, 3.8) is 0 Å². The van der Waals surface area contributed by atoms with E-state index in [4.69, 9.17) is 0 Å². The van der Waals surface area contributed by atoms with Crippen molar-refractivity contribution >= 4 is 67.1 Å². The van der Waals surface area contributed by atoms with Crippen molar-refractivity contribution in [3.05, 3.63) is 46.6 Å². The second-order valence-electron chi connectivity index (χ2n) is 8.80. The van der Waals surface area contributed by atoms with Crippen LogP contribution in [0.25, 0.3) is 0 Å². The van der Waals surface area contributed by atoms with E-state index in [9.17, 15) is 0 Å². The van der Waals surface area contributed by atoms with E-state index in [2.05, 4.69) is 139 Å². The third-order valence-electron chi connectivity index (χ3n) is 6.89. The molecule has 0 amide bonds. The predicted octanol–water partition coefficient (Wildman–Crippen LogP) is 5.68. The molecule has 8 heteroatoms. The van der Waals surface area contributed by atoms with Gasteiger partial charge in [-0.05, 0) is 0 Å². The Hall–Kier alpha value is 1.77. The average molecular weight is 642 g/mol. The molecule has 3 heterocycles. The van der Waals surface area contributed by atoms with Crippen molar-refractivity contribution in [2.45, 2.75) is 37.6 Å². The van der Waals surface area contributed by atoms with Crippen molar-refractivity contribution in [2.75, 3.05) is 28.2 Å². The molecule has 28 heavy (non-hydrogen) atoms. The summed E-state index contributed by atoms with van der Waals surface area (Å²) in [4.78, 5) is 0. The van der Waals surface area contributed by atoms with Gasteiger partial charge in [-0.2, -0.15) is 0 Å². The molecule has 0 aromatic carbocycles. The molecule has 0 radical (unpaired) electrons. The third-order valence-corrected chi connectivity index (χ3v) is 36.9. The van der Waals surface area contributed by atoms with Gasteiger partial charge in [-0.3, -0.25) is 0 Å². The van der Waals surface area contributed by atoms with Crippen LogP contribution in [0.15, 0.2) is 46.6 Å².